The Kier molecular flexibility index (Phi) is 3.69. The van der Waals surface area contributed by atoms with Gasteiger partial charge in [0.2, 0.25) is 0 Å². The summed E-state index contributed by atoms with van der Waals surface area (Å²) >= 11 is 0. The Morgan fingerprint density at radius 2 is 2.17 bits per heavy atom. The summed E-state index contributed by atoms with van der Waals surface area (Å²) in [7, 11) is 0. The molecule has 0 bridgehead atoms. The summed E-state index contributed by atoms with van der Waals surface area (Å²) in [4.78, 5) is 33.0. The maximum atomic E-state index is 12.6. The summed E-state index contributed by atoms with van der Waals surface area (Å²) in [5, 5.41) is 3.40. The van der Waals surface area contributed by atoms with Gasteiger partial charge in [0.15, 0.2) is 5.65 Å². The number of nitrogens with zero attached hydrogens (tertiary/aromatic N) is 3. The average Bonchev–Trinajstić information content (AvgIpc) is 2.54. The van der Waals surface area contributed by atoms with E-state index in [1.165, 1.54) is 10.5 Å². The Balaban J connectivity index is 2.33. The Hall–Kier alpha value is -2.96. The number of nitrogens with two attached hydrogens (primary N) is 1. The number of primary amides is 1. The minimum Gasteiger partial charge on any atom is -0.367 e. The zero-order chi connectivity index (χ0) is 16.6. The van der Waals surface area contributed by atoms with Crippen molar-refractivity contribution in [2.75, 3.05) is 5.32 Å². The van der Waals surface area contributed by atoms with Crippen molar-refractivity contribution in [1.29, 1.82) is 0 Å². The van der Waals surface area contributed by atoms with E-state index in [1.807, 2.05) is 13.8 Å². The van der Waals surface area contributed by atoms with E-state index in [1.54, 1.807) is 24.4 Å². The number of rotatable bonds is 4. The summed E-state index contributed by atoms with van der Waals surface area (Å²) in [6, 6.07) is 6.84. The standard InChI is InChI=1S/C16H17N5O2/c1-3-9(2)18-14-10(13(17)22)8-11-15(20-14)19-12-6-4-5-7-21(12)16(11)23/h4-9H,3H2,1-2H3,(H2,17,22)(H,18,20)/t9-/m1/s1. The van der Waals surface area contributed by atoms with Gasteiger partial charge in [0.05, 0.1) is 10.9 Å². The van der Waals surface area contributed by atoms with Gasteiger partial charge < -0.3 is 11.1 Å². The first-order valence-electron chi connectivity index (χ1n) is 7.39. The maximum absolute atomic E-state index is 12.6. The fourth-order valence-corrected chi connectivity index (χ4v) is 2.31. The predicted molar refractivity (Wildman–Crippen MR) is 88.7 cm³/mol. The van der Waals surface area contributed by atoms with Gasteiger partial charge in [0.25, 0.3) is 11.5 Å². The SMILES string of the molecule is CC[C@@H](C)Nc1nc2nc3ccccn3c(=O)c2cc1C(N)=O. The van der Waals surface area contributed by atoms with E-state index in [2.05, 4.69) is 15.3 Å². The van der Waals surface area contributed by atoms with Crippen LogP contribution >= 0.6 is 0 Å². The number of nitrogens with one attached hydrogen (secondary N) is 1. The summed E-state index contributed by atoms with van der Waals surface area (Å²) in [6.07, 6.45) is 2.48. The lowest BCUT2D eigenvalue weighted by Gasteiger charge is -2.15. The van der Waals surface area contributed by atoms with Crippen LogP contribution in [0.25, 0.3) is 16.7 Å². The van der Waals surface area contributed by atoms with Crippen LogP contribution in [0.5, 0.6) is 0 Å². The lowest BCUT2D eigenvalue weighted by molar-refractivity contribution is 0.100. The van der Waals surface area contributed by atoms with Gasteiger partial charge in [0.1, 0.15) is 11.5 Å². The van der Waals surface area contributed by atoms with Crippen LogP contribution in [0.4, 0.5) is 5.82 Å². The quantitative estimate of drug-likeness (QED) is 0.712. The second-order valence-electron chi connectivity index (χ2n) is 5.42. The molecule has 0 aliphatic carbocycles. The molecule has 0 fully saturated rings. The van der Waals surface area contributed by atoms with Crippen LogP contribution in [-0.4, -0.2) is 26.3 Å². The van der Waals surface area contributed by atoms with E-state index >= 15 is 0 Å². The molecule has 3 aromatic rings. The average molecular weight is 311 g/mol. The summed E-state index contributed by atoms with van der Waals surface area (Å²) in [6.45, 7) is 3.99. The van der Waals surface area contributed by atoms with Crippen LogP contribution in [-0.2, 0) is 0 Å². The lowest BCUT2D eigenvalue weighted by atomic mass is 10.1. The molecular formula is C16H17N5O2. The topological polar surface area (TPSA) is 102 Å². The van der Waals surface area contributed by atoms with Crippen molar-refractivity contribution in [3.63, 3.8) is 0 Å². The smallest absolute Gasteiger partial charge is 0.267 e. The third-order valence-electron chi connectivity index (χ3n) is 3.77. The van der Waals surface area contributed by atoms with Gasteiger partial charge in [-0.3, -0.25) is 14.0 Å². The van der Waals surface area contributed by atoms with Crippen molar-refractivity contribution in [2.24, 2.45) is 5.73 Å². The van der Waals surface area contributed by atoms with E-state index in [0.717, 1.165) is 6.42 Å². The fourth-order valence-electron chi connectivity index (χ4n) is 2.31. The zero-order valence-electron chi connectivity index (χ0n) is 12.9. The number of fused-ring (bicyclic) bond motifs is 2. The monoisotopic (exact) mass is 311 g/mol. The maximum Gasteiger partial charge on any atom is 0.267 e. The molecule has 7 nitrogen and oxygen atoms in total. The molecule has 0 saturated heterocycles. The summed E-state index contributed by atoms with van der Waals surface area (Å²) in [5.74, 6) is -0.283. The number of pyridine rings is 2. The number of carbonyl (C=O) groups is 1. The zero-order valence-corrected chi connectivity index (χ0v) is 12.9. The van der Waals surface area contributed by atoms with Crippen molar-refractivity contribution >= 4 is 28.4 Å². The molecule has 3 heterocycles. The molecule has 7 heteroatoms. The first kappa shape index (κ1) is 15.0. The molecular weight excluding hydrogens is 294 g/mol. The number of aromatic nitrogens is 3. The lowest BCUT2D eigenvalue weighted by Crippen LogP contribution is -2.22. The predicted octanol–water partition coefficient (Wildman–Crippen LogP) is 1.55. The number of amides is 1. The molecule has 3 aromatic heterocycles. The third kappa shape index (κ3) is 2.61. The second kappa shape index (κ2) is 5.68. The highest BCUT2D eigenvalue weighted by molar-refractivity contribution is 6.00. The molecule has 0 spiro atoms. The minimum atomic E-state index is -0.636. The van der Waals surface area contributed by atoms with Gasteiger partial charge in [-0.1, -0.05) is 13.0 Å². The van der Waals surface area contributed by atoms with E-state index in [9.17, 15) is 9.59 Å². The Labute approximate surface area is 132 Å². The molecule has 23 heavy (non-hydrogen) atoms. The van der Waals surface area contributed by atoms with Gasteiger partial charge in [-0.05, 0) is 31.5 Å². The van der Waals surface area contributed by atoms with Crippen molar-refractivity contribution in [3.8, 4) is 0 Å². The molecule has 0 unspecified atom stereocenters. The Morgan fingerprint density at radius 1 is 1.39 bits per heavy atom. The summed E-state index contributed by atoms with van der Waals surface area (Å²) < 4.78 is 1.41. The van der Waals surface area contributed by atoms with Crippen LogP contribution < -0.4 is 16.6 Å². The largest absolute Gasteiger partial charge is 0.367 e. The fraction of sp³-hybridized carbons (Fsp3) is 0.250. The van der Waals surface area contributed by atoms with Crippen molar-refractivity contribution in [2.45, 2.75) is 26.3 Å². The highest BCUT2D eigenvalue weighted by Gasteiger charge is 2.16. The van der Waals surface area contributed by atoms with Gasteiger partial charge in [-0.25, -0.2) is 9.97 Å². The molecule has 1 atom stereocenters. The van der Waals surface area contributed by atoms with Gasteiger partial charge in [-0.15, -0.1) is 0 Å². The molecule has 0 aliphatic heterocycles. The minimum absolute atomic E-state index is 0.111. The normalized spacial score (nSPS) is 12.4. The number of hydrogen-bond donors (Lipinski definition) is 2. The molecule has 0 aliphatic rings. The molecule has 3 rings (SSSR count). The molecule has 3 N–H and O–H groups in total. The third-order valence-corrected chi connectivity index (χ3v) is 3.77. The number of anilines is 1. The van der Waals surface area contributed by atoms with E-state index < -0.39 is 5.91 Å². The van der Waals surface area contributed by atoms with Crippen molar-refractivity contribution in [3.05, 3.63) is 46.4 Å². The number of hydrogen-bond acceptors (Lipinski definition) is 5. The Morgan fingerprint density at radius 3 is 2.87 bits per heavy atom. The van der Waals surface area contributed by atoms with E-state index in [-0.39, 0.29) is 28.2 Å². The molecule has 0 radical (unpaired) electrons. The molecule has 118 valence electrons. The van der Waals surface area contributed by atoms with Gasteiger partial charge in [0, 0.05) is 12.2 Å². The first-order chi connectivity index (χ1) is 11.0. The molecule has 0 aromatic carbocycles. The van der Waals surface area contributed by atoms with Crippen molar-refractivity contribution < 1.29 is 4.79 Å². The van der Waals surface area contributed by atoms with Gasteiger partial charge in [-0.2, -0.15) is 0 Å². The van der Waals surface area contributed by atoms with Crippen LogP contribution in [0, 0.1) is 0 Å². The second-order valence-corrected chi connectivity index (χ2v) is 5.42. The van der Waals surface area contributed by atoms with Crippen LogP contribution in [0.3, 0.4) is 0 Å². The van der Waals surface area contributed by atoms with E-state index in [0.29, 0.717) is 11.5 Å². The van der Waals surface area contributed by atoms with E-state index in [4.69, 9.17) is 5.73 Å². The first-order valence-corrected chi connectivity index (χ1v) is 7.39. The Bertz CT molecular complexity index is 964. The molecule has 0 saturated carbocycles. The van der Waals surface area contributed by atoms with Gasteiger partial charge >= 0.3 is 0 Å². The van der Waals surface area contributed by atoms with Crippen LogP contribution in [0.15, 0.2) is 35.3 Å². The van der Waals surface area contributed by atoms with Crippen molar-refractivity contribution in [1.82, 2.24) is 14.4 Å². The molecule has 1 amide bonds. The number of carbonyl (C=O) groups excluding carboxylic acids is 1. The summed E-state index contributed by atoms with van der Waals surface area (Å²) in [5.41, 5.74) is 6.13. The van der Waals surface area contributed by atoms with Crippen LogP contribution in [0.2, 0.25) is 0 Å². The highest BCUT2D eigenvalue weighted by atomic mass is 16.1. The highest BCUT2D eigenvalue weighted by Crippen LogP contribution is 2.19. The van der Waals surface area contributed by atoms with Crippen LogP contribution in [0.1, 0.15) is 30.6 Å².